The van der Waals surface area contributed by atoms with E-state index in [1.807, 2.05) is 11.3 Å². The summed E-state index contributed by atoms with van der Waals surface area (Å²) in [4.78, 5) is 2.31. The SMILES string of the molecule is Cc1ccc(-c2ccc(N(c3ccccc3)c3ccccc3)cc2)cc1-c1ccc(C)c(-c2ccc3sc4ccccc4c3c2C)c1C. The van der Waals surface area contributed by atoms with Crippen LogP contribution in [-0.4, -0.2) is 0 Å². The van der Waals surface area contributed by atoms with Crippen LogP contribution in [0.1, 0.15) is 22.3 Å². The number of thiophene rings is 1. The van der Waals surface area contributed by atoms with Crippen molar-refractivity contribution < 1.29 is 0 Å². The lowest BCUT2D eigenvalue weighted by molar-refractivity contribution is 1.28. The van der Waals surface area contributed by atoms with E-state index in [1.54, 1.807) is 0 Å². The van der Waals surface area contributed by atoms with E-state index < -0.39 is 0 Å². The Balaban J connectivity index is 1.19. The molecule has 0 amide bonds. The smallest absolute Gasteiger partial charge is 0.0462 e. The Morgan fingerprint density at radius 1 is 0.417 bits per heavy atom. The Morgan fingerprint density at radius 2 is 1.00 bits per heavy atom. The molecule has 1 nitrogen and oxygen atoms in total. The molecule has 8 rings (SSSR count). The van der Waals surface area contributed by atoms with Gasteiger partial charge in [-0.25, -0.2) is 0 Å². The van der Waals surface area contributed by atoms with Crippen molar-refractivity contribution in [1.82, 2.24) is 0 Å². The average molecular weight is 636 g/mol. The largest absolute Gasteiger partial charge is 0.311 e. The van der Waals surface area contributed by atoms with E-state index in [2.05, 4.69) is 184 Å². The first-order valence-electron chi connectivity index (χ1n) is 16.6. The fourth-order valence-electron chi connectivity index (χ4n) is 7.31. The van der Waals surface area contributed by atoms with Gasteiger partial charge in [-0.3, -0.25) is 0 Å². The molecule has 7 aromatic carbocycles. The van der Waals surface area contributed by atoms with Crippen LogP contribution in [0.3, 0.4) is 0 Å². The number of rotatable bonds is 6. The molecule has 0 spiro atoms. The van der Waals surface area contributed by atoms with Crippen molar-refractivity contribution in [1.29, 1.82) is 0 Å². The van der Waals surface area contributed by atoms with Crippen LogP contribution in [0, 0.1) is 27.7 Å². The van der Waals surface area contributed by atoms with Gasteiger partial charge in [0.25, 0.3) is 0 Å². The van der Waals surface area contributed by atoms with E-state index in [0.29, 0.717) is 0 Å². The Labute approximate surface area is 287 Å². The van der Waals surface area contributed by atoms with E-state index in [9.17, 15) is 0 Å². The molecule has 0 atom stereocenters. The van der Waals surface area contributed by atoms with Crippen LogP contribution in [0.5, 0.6) is 0 Å². The minimum absolute atomic E-state index is 1.13. The first-order valence-corrected chi connectivity index (χ1v) is 17.4. The minimum Gasteiger partial charge on any atom is -0.311 e. The fraction of sp³-hybridized carbons (Fsp3) is 0.0870. The maximum Gasteiger partial charge on any atom is 0.0462 e. The van der Waals surface area contributed by atoms with Gasteiger partial charge in [-0.05, 0) is 138 Å². The van der Waals surface area contributed by atoms with Crippen LogP contribution in [0.25, 0.3) is 53.6 Å². The van der Waals surface area contributed by atoms with E-state index in [4.69, 9.17) is 0 Å². The van der Waals surface area contributed by atoms with Crippen molar-refractivity contribution >= 4 is 48.6 Å². The Morgan fingerprint density at radius 3 is 1.71 bits per heavy atom. The van der Waals surface area contributed by atoms with Gasteiger partial charge in [0.2, 0.25) is 0 Å². The average Bonchev–Trinajstić information content (AvgIpc) is 3.51. The molecule has 0 saturated carbocycles. The number of aryl methyl sites for hydroxylation is 3. The van der Waals surface area contributed by atoms with Gasteiger partial charge in [0.05, 0.1) is 0 Å². The minimum atomic E-state index is 1.13. The van der Waals surface area contributed by atoms with E-state index in [1.165, 1.54) is 75.8 Å². The monoisotopic (exact) mass is 635 g/mol. The molecule has 232 valence electrons. The van der Waals surface area contributed by atoms with Gasteiger partial charge in [0.15, 0.2) is 0 Å². The summed E-state index contributed by atoms with van der Waals surface area (Å²) < 4.78 is 2.71. The van der Waals surface area contributed by atoms with Crippen LogP contribution in [0.2, 0.25) is 0 Å². The maximum atomic E-state index is 2.38. The third kappa shape index (κ3) is 5.19. The Kier molecular flexibility index (Phi) is 7.67. The van der Waals surface area contributed by atoms with Crippen molar-refractivity contribution in [3.63, 3.8) is 0 Å². The summed E-state index contributed by atoms with van der Waals surface area (Å²) in [5.41, 5.74) is 16.4. The summed E-state index contributed by atoms with van der Waals surface area (Å²) in [6, 6.07) is 55.1. The van der Waals surface area contributed by atoms with Gasteiger partial charge in [-0.1, -0.05) is 97.1 Å². The summed E-state index contributed by atoms with van der Waals surface area (Å²) in [7, 11) is 0. The first-order chi connectivity index (χ1) is 23.5. The van der Waals surface area contributed by atoms with Gasteiger partial charge in [0.1, 0.15) is 0 Å². The highest BCUT2D eigenvalue weighted by atomic mass is 32.1. The number of anilines is 3. The molecule has 0 N–H and O–H groups in total. The maximum absolute atomic E-state index is 2.38. The van der Waals surface area contributed by atoms with Crippen LogP contribution < -0.4 is 4.90 Å². The van der Waals surface area contributed by atoms with Gasteiger partial charge < -0.3 is 4.90 Å². The molecule has 48 heavy (non-hydrogen) atoms. The predicted octanol–water partition coefficient (Wildman–Crippen LogP) is 13.8. The van der Waals surface area contributed by atoms with Crippen molar-refractivity contribution in [3.05, 3.63) is 174 Å². The highest BCUT2D eigenvalue weighted by molar-refractivity contribution is 7.25. The molecule has 1 aromatic heterocycles. The standard InChI is InChI=1S/C46H37NS/c1-30-19-21-35(34-22-24-38(25-23-34)47(36-13-7-5-8-14-36)37-15-9-6-10-16-37)29-42(30)39-26-20-31(2)45(32(39)3)40-27-28-44-46(33(40)4)41-17-11-12-18-43(41)48-44/h5-29H,1-4H3. The fourth-order valence-corrected chi connectivity index (χ4v) is 8.47. The molecule has 0 bridgehead atoms. The predicted molar refractivity (Wildman–Crippen MR) is 209 cm³/mol. The Bertz CT molecular complexity index is 2380. The first kappa shape index (κ1) is 29.9. The molecule has 2 heteroatoms. The van der Waals surface area contributed by atoms with Crippen LogP contribution in [0.4, 0.5) is 17.1 Å². The molecule has 0 aliphatic rings. The molecular weight excluding hydrogens is 599 g/mol. The summed E-state index contributed by atoms with van der Waals surface area (Å²) in [6.45, 7) is 9.08. The molecule has 0 aliphatic heterocycles. The lowest BCUT2D eigenvalue weighted by Gasteiger charge is -2.25. The van der Waals surface area contributed by atoms with E-state index >= 15 is 0 Å². The van der Waals surface area contributed by atoms with Crippen molar-refractivity contribution in [2.24, 2.45) is 0 Å². The zero-order valence-corrected chi connectivity index (χ0v) is 28.6. The lowest BCUT2D eigenvalue weighted by atomic mass is 9.85. The van der Waals surface area contributed by atoms with E-state index in [-0.39, 0.29) is 0 Å². The molecule has 0 aliphatic carbocycles. The van der Waals surface area contributed by atoms with Crippen molar-refractivity contribution in [3.8, 4) is 33.4 Å². The topological polar surface area (TPSA) is 3.24 Å². The molecule has 0 saturated heterocycles. The van der Waals surface area contributed by atoms with Crippen LogP contribution >= 0.6 is 11.3 Å². The normalized spacial score (nSPS) is 11.3. The highest BCUT2D eigenvalue weighted by Crippen LogP contribution is 2.43. The quantitative estimate of drug-likeness (QED) is 0.176. The zero-order valence-electron chi connectivity index (χ0n) is 27.8. The molecular formula is C46H37NS. The van der Waals surface area contributed by atoms with Gasteiger partial charge in [-0.15, -0.1) is 11.3 Å². The van der Waals surface area contributed by atoms with E-state index in [0.717, 1.165) is 17.1 Å². The molecule has 1 heterocycles. The molecule has 0 unspecified atom stereocenters. The number of hydrogen-bond acceptors (Lipinski definition) is 2. The summed E-state index contributed by atoms with van der Waals surface area (Å²) in [6.07, 6.45) is 0. The second-order valence-corrected chi connectivity index (χ2v) is 13.8. The van der Waals surface area contributed by atoms with Gasteiger partial charge in [-0.2, -0.15) is 0 Å². The summed E-state index contributed by atoms with van der Waals surface area (Å²) in [5.74, 6) is 0. The highest BCUT2D eigenvalue weighted by Gasteiger charge is 2.18. The third-order valence-corrected chi connectivity index (χ3v) is 10.9. The number of fused-ring (bicyclic) bond motifs is 3. The lowest BCUT2D eigenvalue weighted by Crippen LogP contribution is -2.09. The Hall–Kier alpha value is -5.44. The number of nitrogens with zero attached hydrogens (tertiary/aromatic N) is 1. The van der Waals surface area contributed by atoms with Gasteiger partial charge in [0, 0.05) is 37.2 Å². The zero-order chi connectivity index (χ0) is 32.8. The number of para-hydroxylation sites is 2. The second-order valence-electron chi connectivity index (χ2n) is 12.7. The van der Waals surface area contributed by atoms with Gasteiger partial charge >= 0.3 is 0 Å². The number of hydrogen-bond donors (Lipinski definition) is 0. The third-order valence-electron chi connectivity index (χ3n) is 9.76. The van der Waals surface area contributed by atoms with Crippen LogP contribution in [0.15, 0.2) is 152 Å². The molecule has 8 aromatic rings. The van der Waals surface area contributed by atoms with Crippen LogP contribution in [-0.2, 0) is 0 Å². The van der Waals surface area contributed by atoms with Crippen molar-refractivity contribution in [2.45, 2.75) is 27.7 Å². The number of benzene rings is 7. The second kappa shape index (κ2) is 12.3. The summed E-state index contributed by atoms with van der Waals surface area (Å²) in [5, 5.41) is 2.74. The molecule has 0 radical (unpaired) electrons. The summed E-state index contributed by atoms with van der Waals surface area (Å²) >= 11 is 1.89. The van der Waals surface area contributed by atoms with Crippen molar-refractivity contribution in [2.75, 3.05) is 4.90 Å². The molecule has 0 fully saturated rings.